The molecule has 4 rings (SSSR count). The minimum absolute atomic E-state index is 0. The quantitative estimate of drug-likeness (QED) is 0.749. The monoisotopic (exact) mass is 373 g/mol. The third-order valence-corrected chi connectivity index (χ3v) is 4.58. The highest BCUT2D eigenvalue weighted by Crippen LogP contribution is 2.26. The van der Waals surface area contributed by atoms with Crippen molar-refractivity contribution in [2.24, 2.45) is 0 Å². The first kappa shape index (κ1) is 18.6. The Morgan fingerprint density at radius 1 is 1.12 bits per heavy atom. The Balaban J connectivity index is 0.00000196. The fourth-order valence-corrected chi connectivity index (χ4v) is 3.31. The highest BCUT2D eigenvalue weighted by Gasteiger charge is 2.25. The van der Waals surface area contributed by atoms with Gasteiger partial charge in [-0.2, -0.15) is 0 Å². The zero-order valence-electron chi connectivity index (χ0n) is 14.3. The highest BCUT2D eigenvalue weighted by atomic mass is 35.5. The summed E-state index contributed by atoms with van der Waals surface area (Å²) >= 11 is 0. The molecule has 1 aliphatic rings. The molecule has 2 heterocycles. The smallest absolute Gasteiger partial charge is 0.151 e. The summed E-state index contributed by atoms with van der Waals surface area (Å²) in [7, 11) is 0. The van der Waals surface area contributed by atoms with Gasteiger partial charge in [-0.3, -0.25) is 4.90 Å². The van der Waals surface area contributed by atoms with Crippen molar-refractivity contribution in [3.63, 3.8) is 0 Å². The fraction of sp³-hybridized carbons (Fsp3) is 0.250. The zero-order valence-corrected chi connectivity index (χ0v) is 15.1. The number of piperazine rings is 1. The lowest BCUT2D eigenvalue weighted by Crippen LogP contribution is -2.45. The molecule has 0 bridgehead atoms. The molecule has 4 nitrogen and oxygen atoms in total. The number of hydrogen-bond acceptors (Lipinski definition) is 4. The van der Waals surface area contributed by atoms with Gasteiger partial charge in [-0.05, 0) is 17.7 Å². The molecule has 1 fully saturated rings. The molecule has 6 heteroatoms. The molecule has 1 aromatic heterocycles. The molecule has 1 atom stereocenters. The van der Waals surface area contributed by atoms with Crippen LogP contribution in [0.5, 0.6) is 0 Å². The Labute approximate surface area is 158 Å². The van der Waals surface area contributed by atoms with E-state index in [0.29, 0.717) is 6.54 Å². The molecule has 1 saturated heterocycles. The summed E-state index contributed by atoms with van der Waals surface area (Å²) in [5.74, 6) is 0.621. The summed E-state index contributed by atoms with van der Waals surface area (Å²) in [6, 6.07) is 18.9. The summed E-state index contributed by atoms with van der Waals surface area (Å²) in [5, 5.41) is 7.58. The van der Waals surface area contributed by atoms with E-state index in [2.05, 4.69) is 15.4 Å². The molecule has 1 aliphatic heterocycles. The van der Waals surface area contributed by atoms with Crippen LogP contribution >= 0.6 is 12.4 Å². The average Bonchev–Trinajstić information content (AvgIpc) is 3.11. The van der Waals surface area contributed by atoms with Gasteiger partial charge in [-0.25, -0.2) is 4.39 Å². The van der Waals surface area contributed by atoms with Gasteiger partial charge in [0.1, 0.15) is 11.5 Å². The molecule has 0 saturated carbocycles. The van der Waals surface area contributed by atoms with Crippen LogP contribution in [0.4, 0.5) is 4.39 Å². The zero-order chi connectivity index (χ0) is 17.1. The van der Waals surface area contributed by atoms with Crippen LogP contribution in [-0.4, -0.2) is 29.7 Å². The number of halogens is 2. The van der Waals surface area contributed by atoms with Crippen LogP contribution in [0, 0.1) is 5.82 Å². The Morgan fingerprint density at radius 2 is 1.96 bits per heavy atom. The van der Waals surface area contributed by atoms with Gasteiger partial charge in [0.05, 0.1) is 6.54 Å². The van der Waals surface area contributed by atoms with Crippen molar-refractivity contribution in [3.8, 4) is 11.3 Å². The van der Waals surface area contributed by atoms with Crippen molar-refractivity contribution in [3.05, 3.63) is 77.8 Å². The second-order valence-corrected chi connectivity index (χ2v) is 6.29. The molecular formula is C20H21ClFN3O. The first-order valence-electron chi connectivity index (χ1n) is 8.51. The molecule has 1 N–H and O–H groups in total. The SMILES string of the molecule is Cl.Fc1cccc(C2CNCCN2Cc2cc(-c3ccccc3)no2)c1. The molecule has 0 amide bonds. The summed E-state index contributed by atoms with van der Waals surface area (Å²) in [4.78, 5) is 2.31. The summed E-state index contributed by atoms with van der Waals surface area (Å²) < 4.78 is 19.1. The molecule has 26 heavy (non-hydrogen) atoms. The number of rotatable bonds is 4. The van der Waals surface area contributed by atoms with Crippen molar-refractivity contribution in [1.29, 1.82) is 0 Å². The maximum atomic E-state index is 13.6. The number of hydrogen-bond donors (Lipinski definition) is 1. The van der Waals surface area contributed by atoms with Crippen molar-refractivity contribution in [2.75, 3.05) is 19.6 Å². The van der Waals surface area contributed by atoms with E-state index >= 15 is 0 Å². The van der Waals surface area contributed by atoms with Gasteiger partial charge in [0.25, 0.3) is 0 Å². The number of nitrogens with one attached hydrogen (secondary N) is 1. The summed E-state index contributed by atoms with van der Waals surface area (Å²) in [6.07, 6.45) is 0. The van der Waals surface area contributed by atoms with E-state index in [4.69, 9.17) is 4.52 Å². The van der Waals surface area contributed by atoms with Crippen LogP contribution in [0.25, 0.3) is 11.3 Å². The third kappa shape index (κ3) is 4.12. The van der Waals surface area contributed by atoms with E-state index < -0.39 is 0 Å². The molecular weight excluding hydrogens is 353 g/mol. The predicted molar refractivity (Wildman–Crippen MR) is 102 cm³/mol. The summed E-state index contributed by atoms with van der Waals surface area (Å²) in [5.41, 5.74) is 2.86. The molecule has 136 valence electrons. The van der Waals surface area contributed by atoms with E-state index in [1.807, 2.05) is 42.5 Å². The van der Waals surface area contributed by atoms with Crippen LogP contribution in [0.2, 0.25) is 0 Å². The van der Waals surface area contributed by atoms with Crippen LogP contribution < -0.4 is 5.32 Å². The minimum Gasteiger partial charge on any atom is -0.359 e. The number of benzene rings is 2. The van der Waals surface area contributed by atoms with Gasteiger partial charge >= 0.3 is 0 Å². The molecule has 2 aromatic carbocycles. The third-order valence-electron chi connectivity index (χ3n) is 4.58. The Hall–Kier alpha value is -2.21. The molecule has 0 radical (unpaired) electrons. The maximum absolute atomic E-state index is 13.6. The molecule has 0 aliphatic carbocycles. The minimum atomic E-state index is -0.200. The van der Waals surface area contributed by atoms with Crippen LogP contribution in [-0.2, 0) is 6.54 Å². The molecule has 3 aromatic rings. The lowest BCUT2D eigenvalue weighted by Gasteiger charge is -2.35. The van der Waals surface area contributed by atoms with Crippen LogP contribution in [0.3, 0.4) is 0 Å². The van der Waals surface area contributed by atoms with E-state index in [9.17, 15) is 4.39 Å². The number of nitrogens with zero attached hydrogens (tertiary/aromatic N) is 2. The lowest BCUT2D eigenvalue weighted by molar-refractivity contribution is 0.138. The van der Waals surface area contributed by atoms with Gasteiger partial charge in [0.15, 0.2) is 5.76 Å². The lowest BCUT2D eigenvalue weighted by atomic mass is 10.0. The van der Waals surface area contributed by atoms with Crippen molar-refractivity contribution >= 4 is 12.4 Å². The first-order valence-corrected chi connectivity index (χ1v) is 8.51. The maximum Gasteiger partial charge on any atom is 0.151 e. The Morgan fingerprint density at radius 3 is 2.77 bits per heavy atom. The highest BCUT2D eigenvalue weighted by molar-refractivity contribution is 5.85. The van der Waals surface area contributed by atoms with Gasteiger partial charge < -0.3 is 9.84 Å². The van der Waals surface area contributed by atoms with Crippen molar-refractivity contribution in [2.45, 2.75) is 12.6 Å². The number of aromatic nitrogens is 1. The van der Waals surface area contributed by atoms with Gasteiger partial charge in [0.2, 0.25) is 0 Å². The average molecular weight is 374 g/mol. The molecule has 1 unspecified atom stereocenters. The Kier molecular flexibility index (Phi) is 6.04. The normalized spacial score (nSPS) is 17.7. The predicted octanol–water partition coefficient (Wildman–Crippen LogP) is 4.05. The van der Waals surface area contributed by atoms with Gasteiger partial charge in [0, 0.05) is 37.3 Å². The van der Waals surface area contributed by atoms with E-state index in [-0.39, 0.29) is 24.3 Å². The van der Waals surface area contributed by atoms with Crippen LogP contribution in [0.1, 0.15) is 17.4 Å². The molecule has 0 spiro atoms. The van der Waals surface area contributed by atoms with Crippen molar-refractivity contribution in [1.82, 2.24) is 15.4 Å². The second-order valence-electron chi connectivity index (χ2n) is 6.29. The van der Waals surface area contributed by atoms with Gasteiger partial charge in [-0.1, -0.05) is 47.6 Å². The second kappa shape index (κ2) is 8.45. The largest absolute Gasteiger partial charge is 0.359 e. The first-order chi connectivity index (χ1) is 12.3. The topological polar surface area (TPSA) is 41.3 Å². The van der Waals surface area contributed by atoms with E-state index in [1.54, 1.807) is 12.1 Å². The van der Waals surface area contributed by atoms with Crippen LogP contribution in [0.15, 0.2) is 65.2 Å². The Bertz CT molecular complexity index is 840. The van der Waals surface area contributed by atoms with E-state index in [1.165, 1.54) is 6.07 Å². The summed E-state index contributed by atoms with van der Waals surface area (Å²) in [6.45, 7) is 3.24. The van der Waals surface area contributed by atoms with Crippen molar-refractivity contribution < 1.29 is 8.91 Å². The fourth-order valence-electron chi connectivity index (χ4n) is 3.31. The van der Waals surface area contributed by atoms with E-state index in [0.717, 1.165) is 42.2 Å². The standard InChI is InChI=1S/C20H20FN3O.ClH/c21-17-8-4-7-16(11-17)20-13-22-9-10-24(20)14-18-12-19(23-25-18)15-5-2-1-3-6-15;/h1-8,11-12,20,22H,9-10,13-14H2;1H. The van der Waals surface area contributed by atoms with Gasteiger partial charge in [-0.15, -0.1) is 12.4 Å².